The molecule has 4 aliphatic heterocycles. The van der Waals surface area contributed by atoms with Gasteiger partial charge in [-0.2, -0.15) is 0 Å². The van der Waals surface area contributed by atoms with Gasteiger partial charge in [0.25, 0.3) is 0 Å². The van der Waals surface area contributed by atoms with Crippen LogP contribution in [-0.2, 0) is 26.7 Å². The van der Waals surface area contributed by atoms with Gasteiger partial charge in [0.1, 0.15) is 12.4 Å². The molecule has 3 saturated heterocycles. The van der Waals surface area contributed by atoms with Crippen LogP contribution in [0.3, 0.4) is 0 Å². The summed E-state index contributed by atoms with van der Waals surface area (Å²) >= 11 is 0. The first-order valence-corrected chi connectivity index (χ1v) is 12.6. The number of ether oxygens (including phenoxy) is 3. The fourth-order valence-electron chi connectivity index (χ4n) is 5.69. The molecule has 0 aromatic heterocycles. The van der Waals surface area contributed by atoms with E-state index in [0.717, 1.165) is 81.1 Å². The third kappa shape index (κ3) is 4.11. The van der Waals surface area contributed by atoms with Crippen molar-refractivity contribution >= 4 is 5.91 Å². The third-order valence-electron chi connectivity index (χ3n) is 7.55. The Kier molecular flexibility index (Phi) is 6.03. The van der Waals surface area contributed by atoms with Crippen molar-refractivity contribution in [2.24, 2.45) is 0 Å². The molecule has 2 aromatic rings. The van der Waals surface area contributed by atoms with Crippen LogP contribution in [0, 0.1) is 0 Å². The number of nitrogens with zero attached hydrogens (tertiary/aromatic N) is 3. The molecule has 0 aliphatic carbocycles. The van der Waals surface area contributed by atoms with Gasteiger partial charge in [-0.05, 0) is 30.5 Å². The van der Waals surface area contributed by atoms with Crippen molar-refractivity contribution in [3.8, 4) is 5.75 Å². The number of hydrogen-bond acceptors (Lipinski definition) is 6. The highest BCUT2D eigenvalue weighted by atomic mass is 16.7. The summed E-state index contributed by atoms with van der Waals surface area (Å²) in [5.74, 6) is 0.169. The molecule has 2 atom stereocenters. The first-order valence-electron chi connectivity index (χ1n) is 12.6. The summed E-state index contributed by atoms with van der Waals surface area (Å²) in [6.45, 7) is 7.98. The van der Waals surface area contributed by atoms with E-state index in [1.807, 2.05) is 35.2 Å². The highest BCUT2D eigenvalue weighted by Gasteiger charge is 2.49. The molecule has 4 heterocycles. The van der Waals surface area contributed by atoms with Gasteiger partial charge >= 0.3 is 0 Å². The zero-order valence-corrected chi connectivity index (χ0v) is 19.7. The van der Waals surface area contributed by atoms with Gasteiger partial charge in [0.05, 0.1) is 24.8 Å². The third-order valence-corrected chi connectivity index (χ3v) is 7.55. The van der Waals surface area contributed by atoms with Gasteiger partial charge < -0.3 is 19.1 Å². The lowest BCUT2D eigenvalue weighted by molar-refractivity contribution is -0.145. The Morgan fingerprint density at radius 3 is 2.41 bits per heavy atom. The summed E-state index contributed by atoms with van der Waals surface area (Å²) in [5.41, 5.74) is 3.07. The molecule has 1 amide bonds. The minimum absolute atomic E-state index is 0.0306. The molecule has 0 saturated carbocycles. The number of amides is 1. The zero-order valence-electron chi connectivity index (χ0n) is 19.7. The molecular formula is C27H33N3O4. The second-order valence-electron chi connectivity index (χ2n) is 9.77. The summed E-state index contributed by atoms with van der Waals surface area (Å²) in [6, 6.07) is 16.3. The first-order chi connectivity index (χ1) is 16.7. The predicted molar refractivity (Wildman–Crippen MR) is 128 cm³/mol. The minimum Gasteiger partial charge on any atom is -0.488 e. The maximum atomic E-state index is 12.5. The average Bonchev–Trinajstić information content (AvgIpc) is 3.53. The van der Waals surface area contributed by atoms with Crippen molar-refractivity contribution in [3.63, 3.8) is 0 Å². The van der Waals surface area contributed by atoms with Gasteiger partial charge in [0.2, 0.25) is 11.7 Å². The Hall–Kier alpha value is -2.45. The van der Waals surface area contributed by atoms with E-state index in [-0.39, 0.29) is 12.0 Å². The van der Waals surface area contributed by atoms with Crippen molar-refractivity contribution in [1.29, 1.82) is 0 Å². The molecule has 180 valence electrons. The molecule has 7 heteroatoms. The highest BCUT2D eigenvalue weighted by molar-refractivity contribution is 5.78. The Labute approximate surface area is 201 Å². The number of benzene rings is 2. The van der Waals surface area contributed by atoms with Gasteiger partial charge in [-0.1, -0.05) is 36.4 Å². The molecule has 0 bridgehead atoms. The first kappa shape index (κ1) is 22.0. The lowest BCUT2D eigenvalue weighted by Crippen LogP contribution is -2.51. The Balaban J connectivity index is 1.12. The van der Waals surface area contributed by atoms with E-state index in [0.29, 0.717) is 19.8 Å². The SMILES string of the molecule is O=C(CN1CCN(CC2COC3(O2)c2ccccc2COc2ccccc23)CC1)N1CCCC1. The molecule has 0 radical (unpaired) electrons. The maximum absolute atomic E-state index is 12.5. The maximum Gasteiger partial charge on any atom is 0.236 e. The molecule has 6 rings (SSSR count). The number of likely N-dealkylation sites (tertiary alicyclic amines) is 1. The number of carbonyl (C=O) groups excluding carboxylic acids is 1. The van der Waals surface area contributed by atoms with E-state index in [1.54, 1.807) is 0 Å². The van der Waals surface area contributed by atoms with E-state index in [1.165, 1.54) is 0 Å². The standard InChI is InChI=1S/C27H33N3O4/c31-26(30-11-5-6-12-30)18-29-15-13-28(14-16-29)17-22-20-33-27(34-22)23-8-2-1-7-21(23)19-32-25-10-4-3-9-24(25)27/h1-4,7-10,22H,5-6,11-20H2. The van der Waals surface area contributed by atoms with Crippen LogP contribution >= 0.6 is 0 Å². The molecule has 7 nitrogen and oxygen atoms in total. The van der Waals surface area contributed by atoms with Crippen LogP contribution in [-0.4, -0.2) is 85.7 Å². The Morgan fingerprint density at radius 2 is 1.59 bits per heavy atom. The van der Waals surface area contributed by atoms with Crippen molar-refractivity contribution in [2.75, 3.05) is 59.0 Å². The van der Waals surface area contributed by atoms with Crippen LogP contribution in [0.15, 0.2) is 48.5 Å². The van der Waals surface area contributed by atoms with Gasteiger partial charge in [-0.3, -0.25) is 14.6 Å². The van der Waals surface area contributed by atoms with Crippen LogP contribution in [0.25, 0.3) is 0 Å². The second kappa shape index (κ2) is 9.30. The predicted octanol–water partition coefficient (Wildman–Crippen LogP) is 2.44. The van der Waals surface area contributed by atoms with E-state index in [2.05, 4.69) is 28.0 Å². The largest absolute Gasteiger partial charge is 0.488 e. The number of hydrogen-bond donors (Lipinski definition) is 0. The van der Waals surface area contributed by atoms with Crippen LogP contribution < -0.4 is 4.74 Å². The summed E-state index contributed by atoms with van der Waals surface area (Å²) in [7, 11) is 0. The summed E-state index contributed by atoms with van der Waals surface area (Å²) in [4.78, 5) is 19.2. The molecule has 34 heavy (non-hydrogen) atoms. The number of piperazine rings is 1. The van der Waals surface area contributed by atoms with E-state index >= 15 is 0 Å². The van der Waals surface area contributed by atoms with Crippen LogP contribution in [0.4, 0.5) is 0 Å². The zero-order chi connectivity index (χ0) is 23.0. The molecule has 2 aromatic carbocycles. The van der Waals surface area contributed by atoms with Crippen molar-refractivity contribution < 1.29 is 19.0 Å². The molecule has 0 N–H and O–H groups in total. The fraction of sp³-hybridized carbons (Fsp3) is 0.519. The number of rotatable bonds is 4. The van der Waals surface area contributed by atoms with Gasteiger partial charge in [-0.15, -0.1) is 0 Å². The summed E-state index contributed by atoms with van der Waals surface area (Å²) < 4.78 is 19.4. The van der Waals surface area contributed by atoms with Crippen molar-refractivity contribution in [1.82, 2.24) is 14.7 Å². The molecule has 3 fully saturated rings. The average molecular weight is 464 g/mol. The topological polar surface area (TPSA) is 54.5 Å². The van der Waals surface area contributed by atoms with Gasteiger partial charge in [0.15, 0.2) is 0 Å². The molecule has 4 aliphatic rings. The number of para-hydroxylation sites is 1. The van der Waals surface area contributed by atoms with E-state index < -0.39 is 5.79 Å². The van der Waals surface area contributed by atoms with Crippen LogP contribution in [0.5, 0.6) is 5.75 Å². The van der Waals surface area contributed by atoms with Gasteiger partial charge in [0, 0.05) is 51.4 Å². The number of fused-ring (bicyclic) bond motifs is 4. The lowest BCUT2D eigenvalue weighted by atomic mass is 9.93. The Bertz CT molecular complexity index is 983. The Morgan fingerprint density at radius 1 is 0.882 bits per heavy atom. The smallest absolute Gasteiger partial charge is 0.236 e. The fourth-order valence-corrected chi connectivity index (χ4v) is 5.69. The van der Waals surface area contributed by atoms with E-state index in [4.69, 9.17) is 14.2 Å². The second-order valence-corrected chi connectivity index (χ2v) is 9.77. The van der Waals surface area contributed by atoms with Gasteiger partial charge in [-0.25, -0.2) is 0 Å². The minimum atomic E-state index is -0.932. The molecule has 2 unspecified atom stereocenters. The molecule has 1 spiro atoms. The quantitative estimate of drug-likeness (QED) is 0.694. The summed E-state index contributed by atoms with van der Waals surface area (Å²) in [6.07, 6.45) is 2.26. The monoisotopic (exact) mass is 463 g/mol. The highest BCUT2D eigenvalue weighted by Crippen LogP contribution is 2.47. The van der Waals surface area contributed by atoms with Crippen molar-refractivity contribution in [2.45, 2.75) is 31.3 Å². The van der Waals surface area contributed by atoms with Crippen LogP contribution in [0.2, 0.25) is 0 Å². The van der Waals surface area contributed by atoms with Crippen LogP contribution in [0.1, 0.15) is 29.5 Å². The summed E-state index contributed by atoms with van der Waals surface area (Å²) in [5, 5.41) is 0. The van der Waals surface area contributed by atoms with Crippen molar-refractivity contribution in [3.05, 3.63) is 65.2 Å². The lowest BCUT2D eigenvalue weighted by Gasteiger charge is -2.36. The molecular weight excluding hydrogens is 430 g/mol. The van der Waals surface area contributed by atoms with E-state index in [9.17, 15) is 4.79 Å². The normalized spacial score (nSPS) is 27.3. The number of carbonyl (C=O) groups is 1.